The van der Waals surface area contributed by atoms with Crippen LogP contribution in [-0.2, 0) is 0 Å². The molecule has 0 atom stereocenters. The minimum Gasteiger partial charge on any atom is -0.366 e. The molecule has 2 aliphatic carbocycles. The molecule has 2 N–H and O–H groups in total. The van der Waals surface area contributed by atoms with Gasteiger partial charge in [0, 0.05) is 12.1 Å². The zero-order valence-electron chi connectivity index (χ0n) is 11.8. The van der Waals surface area contributed by atoms with E-state index < -0.39 is 0 Å². The van der Waals surface area contributed by atoms with Gasteiger partial charge in [0.1, 0.15) is 5.82 Å². The fourth-order valence-electron chi connectivity index (χ4n) is 3.14. The highest BCUT2D eigenvalue weighted by atomic mass is 16.2. The number of carbonyl (C=O) groups is 1. The highest BCUT2D eigenvalue weighted by molar-refractivity contribution is 5.92. The third-order valence-electron chi connectivity index (χ3n) is 4.29. The average Bonchev–Trinajstić information content (AvgIpc) is 3.13. The van der Waals surface area contributed by atoms with Crippen LogP contribution in [0.1, 0.15) is 61.9 Å². The number of hydrogen-bond donors (Lipinski definition) is 2. The molecule has 5 nitrogen and oxygen atoms in total. The minimum absolute atomic E-state index is 0.100. The van der Waals surface area contributed by atoms with Gasteiger partial charge in [-0.05, 0) is 37.8 Å². The maximum Gasteiger partial charge on any atom is 0.272 e. The smallest absolute Gasteiger partial charge is 0.272 e. The molecule has 0 unspecified atom stereocenters. The van der Waals surface area contributed by atoms with E-state index in [0.29, 0.717) is 17.8 Å². The summed E-state index contributed by atoms with van der Waals surface area (Å²) in [6.07, 6.45) is 9.56. The number of rotatable bonds is 4. The van der Waals surface area contributed by atoms with E-state index in [1.807, 2.05) is 6.07 Å². The third-order valence-corrected chi connectivity index (χ3v) is 4.29. The second kappa shape index (κ2) is 6.20. The Morgan fingerprint density at radius 1 is 0.950 bits per heavy atom. The molecule has 2 aliphatic rings. The predicted molar refractivity (Wildman–Crippen MR) is 77.6 cm³/mol. The predicted octanol–water partition coefficient (Wildman–Crippen LogP) is 2.50. The van der Waals surface area contributed by atoms with Crippen LogP contribution in [0.5, 0.6) is 0 Å². The van der Waals surface area contributed by atoms with Crippen molar-refractivity contribution in [2.45, 2.75) is 63.5 Å². The van der Waals surface area contributed by atoms with Crippen LogP contribution in [0.4, 0.5) is 5.82 Å². The van der Waals surface area contributed by atoms with Gasteiger partial charge in [-0.1, -0.05) is 25.7 Å². The molecule has 2 fully saturated rings. The molecule has 1 amide bonds. The van der Waals surface area contributed by atoms with Gasteiger partial charge in [0.15, 0.2) is 5.69 Å². The summed E-state index contributed by atoms with van der Waals surface area (Å²) < 4.78 is 0. The van der Waals surface area contributed by atoms with Crippen LogP contribution in [0.25, 0.3) is 0 Å². The standard InChI is InChI=1S/C15H22N4O/c20-15(17-12-7-3-4-8-12)13-9-10-14(19-18-13)16-11-5-1-2-6-11/h9-12H,1-8H2,(H,16,19)(H,17,20). The molecule has 1 heterocycles. The van der Waals surface area contributed by atoms with Gasteiger partial charge in [0.25, 0.3) is 5.91 Å². The summed E-state index contributed by atoms with van der Waals surface area (Å²) in [5, 5.41) is 14.6. The average molecular weight is 274 g/mol. The summed E-state index contributed by atoms with van der Waals surface area (Å²) in [6.45, 7) is 0. The monoisotopic (exact) mass is 274 g/mol. The Balaban J connectivity index is 1.55. The lowest BCUT2D eigenvalue weighted by molar-refractivity contribution is 0.0932. The van der Waals surface area contributed by atoms with Crippen molar-refractivity contribution in [3.8, 4) is 0 Å². The number of hydrogen-bond acceptors (Lipinski definition) is 4. The topological polar surface area (TPSA) is 66.9 Å². The quantitative estimate of drug-likeness (QED) is 0.885. The largest absolute Gasteiger partial charge is 0.366 e. The number of aromatic nitrogens is 2. The SMILES string of the molecule is O=C(NC1CCCC1)c1ccc(NC2CCCC2)nn1. The Morgan fingerprint density at radius 3 is 2.20 bits per heavy atom. The molecule has 1 aromatic rings. The van der Waals surface area contributed by atoms with Gasteiger partial charge in [-0.25, -0.2) is 0 Å². The van der Waals surface area contributed by atoms with Crippen LogP contribution in [0.2, 0.25) is 0 Å². The summed E-state index contributed by atoms with van der Waals surface area (Å²) in [5.74, 6) is 0.672. The van der Waals surface area contributed by atoms with E-state index in [9.17, 15) is 4.79 Å². The molecule has 0 aliphatic heterocycles. The van der Waals surface area contributed by atoms with Crippen LogP contribution >= 0.6 is 0 Å². The van der Waals surface area contributed by atoms with Crippen LogP contribution in [0.3, 0.4) is 0 Å². The number of nitrogens with one attached hydrogen (secondary N) is 2. The Labute approximate surface area is 119 Å². The normalized spacial score (nSPS) is 20.2. The van der Waals surface area contributed by atoms with Gasteiger partial charge in [-0.15, -0.1) is 10.2 Å². The Bertz CT molecular complexity index is 447. The third kappa shape index (κ3) is 3.26. The molecule has 108 valence electrons. The maximum atomic E-state index is 12.0. The summed E-state index contributed by atoms with van der Waals surface area (Å²) in [4.78, 5) is 12.0. The van der Waals surface area contributed by atoms with E-state index in [-0.39, 0.29) is 5.91 Å². The summed E-state index contributed by atoms with van der Waals surface area (Å²) in [5.41, 5.74) is 0.411. The van der Waals surface area contributed by atoms with Crippen molar-refractivity contribution in [1.29, 1.82) is 0 Å². The summed E-state index contributed by atoms with van der Waals surface area (Å²) >= 11 is 0. The fourth-order valence-corrected chi connectivity index (χ4v) is 3.14. The van der Waals surface area contributed by atoms with Crippen molar-refractivity contribution in [1.82, 2.24) is 15.5 Å². The lowest BCUT2D eigenvalue weighted by atomic mass is 10.2. The van der Waals surface area contributed by atoms with Crippen molar-refractivity contribution >= 4 is 11.7 Å². The van der Waals surface area contributed by atoms with Crippen molar-refractivity contribution in [3.63, 3.8) is 0 Å². The molecule has 20 heavy (non-hydrogen) atoms. The van der Waals surface area contributed by atoms with Gasteiger partial charge >= 0.3 is 0 Å². The first-order valence-corrected chi connectivity index (χ1v) is 7.72. The van der Waals surface area contributed by atoms with Gasteiger partial charge in [0.2, 0.25) is 0 Å². The second-order valence-corrected chi connectivity index (χ2v) is 5.88. The molecule has 2 saturated carbocycles. The maximum absolute atomic E-state index is 12.0. The minimum atomic E-state index is -0.100. The molecule has 0 spiro atoms. The van der Waals surface area contributed by atoms with Crippen LogP contribution in [0.15, 0.2) is 12.1 Å². The molecule has 0 saturated heterocycles. The van der Waals surface area contributed by atoms with Crippen molar-refractivity contribution in [2.24, 2.45) is 0 Å². The molecular formula is C15H22N4O. The van der Waals surface area contributed by atoms with Crippen LogP contribution < -0.4 is 10.6 Å². The first-order chi connectivity index (χ1) is 9.81. The first-order valence-electron chi connectivity index (χ1n) is 7.72. The van der Waals surface area contributed by atoms with Crippen molar-refractivity contribution in [3.05, 3.63) is 17.8 Å². The molecule has 0 aromatic carbocycles. The molecule has 1 aromatic heterocycles. The van der Waals surface area contributed by atoms with E-state index in [0.717, 1.165) is 18.7 Å². The van der Waals surface area contributed by atoms with Crippen molar-refractivity contribution in [2.75, 3.05) is 5.32 Å². The van der Waals surface area contributed by atoms with E-state index >= 15 is 0 Å². The zero-order valence-corrected chi connectivity index (χ0v) is 11.8. The Kier molecular flexibility index (Phi) is 4.14. The number of nitrogens with zero attached hydrogens (tertiary/aromatic N) is 2. The highest BCUT2D eigenvalue weighted by Gasteiger charge is 2.19. The summed E-state index contributed by atoms with van der Waals surface area (Å²) in [6, 6.07) is 4.45. The van der Waals surface area contributed by atoms with E-state index in [4.69, 9.17) is 0 Å². The zero-order chi connectivity index (χ0) is 13.8. The van der Waals surface area contributed by atoms with E-state index in [1.54, 1.807) is 6.07 Å². The molecule has 0 bridgehead atoms. The lowest BCUT2D eigenvalue weighted by Gasteiger charge is -2.13. The van der Waals surface area contributed by atoms with Gasteiger partial charge in [-0.2, -0.15) is 0 Å². The second-order valence-electron chi connectivity index (χ2n) is 5.88. The molecule has 0 radical (unpaired) electrons. The van der Waals surface area contributed by atoms with Crippen LogP contribution in [0, 0.1) is 0 Å². The lowest BCUT2D eigenvalue weighted by Crippen LogP contribution is -2.33. The van der Waals surface area contributed by atoms with E-state index in [1.165, 1.54) is 38.5 Å². The number of amides is 1. The number of carbonyl (C=O) groups excluding carboxylic acids is 1. The van der Waals surface area contributed by atoms with Gasteiger partial charge in [0.05, 0.1) is 0 Å². The summed E-state index contributed by atoms with van der Waals surface area (Å²) in [7, 11) is 0. The van der Waals surface area contributed by atoms with Gasteiger partial charge in [-0.3, -0.25) is 4.79 Å². The first kappa shape index (κ1) is 13.3. The Hall–Kier alpha value is -1.65. The Morgan fingerprint density at radius 2 is 1.60 bits per heavy atom. The van der Waals surface area contributed by atoms with Crippen LogP contribution in [-0.4, -0.2) is 28.2 Å². The van der Waals surface area contributed by atoms with Crippen molar-refractivity contribution < 1.29 is 4.79 Å². The molecular weight excluding hydrogens is 252 g/mol. The molecule has 3 rings (SSSR count). The fraction of sp³-hybridized carbons (Fsp3) is 0.667. The highest BCUT2D eigenvalue weighted by Crippen LogP contribution is 2.21. The van der Waals surface area contributed by atoms with E-state index in [2.05, 4.69) is 20.8 Å². The number of anilines is 1. The van der Waals surface area contributed by atoms with Gasteiger partial charge < -0.3 is 10.6 Å². The molecule has 5 heteroatoms.